The van der Waals surface area contributed by atoms with Gasteiger partial charge >= 0.3 is 0 Å². The van der Waals surface area contributed by atoms with Crippen LogP contribution in [0.2, 0.25) is 0 Å². The summed E-state index contributed by atoms with van der Waals surface area (Å²) in [5.41, 5.74) is 0.939. The molecule has 5 nitrogen and oxygen atoms in total. The van der Waals surface area contributed by atoms with Gasteiger partial charge in [-0.1, -0.05) is 18.2 Å². The van der Waals surface area contributed by atoms with Crippen LogP contribution in [0.25, 0.3) is 0 Å². The fourth-order valence-corrected chi connectivity index (χ4v) is 4.22. The lowest BCUT2D eigenvalue weighted by molar-refractivity contribution is 0.599. The third kappa shape index (κ3) is 2.09. The maximum atomic E-state index is 11.9. The van der Waals surface area contributed by atoms with Gasteiger partial charge in [-0.05, 0) is 30.0 Å². The average molecular weight is 301 g/mol. The average Bonchev–Trinajstić information content (AvgIpc) is 2.71. The number of nitriles is 1. The number of rotatable bonds is 1. The first-order valence-electron chi connectivity index (χ1n) is 5.59. The summed E-state index contributed by atoms with van der Waals surface area (Å²) in [7, 11) is -3.64. The van der Waals surface area contributed by atoms with E-state index in [-0.39, 0.29) is 4.90 Å². The Morgan fingerprint density at radius 1 is 1.15 bits per heavy atom. The Balaban J connectivity index is 2.08. The van der Waals surface area contributed by atoms with Gasteiger partial charge in [0.2, 0.25) is 0 Å². The summed E-state index contributed by atoms with van der Waals surface area (Å²) in [5, 5.41) is 9.82. The van der Waals surface area contributed by atoms with Gasteiger partial charge in [-0.2, -0.15) is 18.1 Å². The zero-order valence-corrected chi connectivity index (χ0v) is 11.6. The number of nitrogens with zero attached hydrogens (tertiary/aromatic N) is 3. The van der Waals surface area contributed by atoms with Gasteiger partial charge in [-0.15, -0.1) is 0 Å². The van der Waals surface area contributed by atoms with Gasteiger partial charge in [-0.3, -0.25) is 0 Å². The molecule has 0 atom stereocenters. The van der Waals surface area contributed by atoms with Crippen molar-refractivity contribution in [2.75, 3.05) is 0 Å². The minimum absolute atomic E-state index is 0.192. The molecule has 1 aromatic carbocycles. The van der Waals surface area contributed by atoms with E-state index < -0.39 is 10.0 Å². The standard InChI is InChI=1S/C13H7N3O2S2/c14-8-9-4-3-7-15-12(9)19-13-10-5-1-2-6-11(10)20(17,18)16-13/h1-7H. The van der Waals surface area contributed by atoms with E-state index in [1.165, 1.54) is 6.07 Å². The lowest BCUT2D eigenvalue weighted by atomic mass is 10.2. The van der Waals surface area contributed by atoms with Crippen molar-refractivity contribution in [1.82, 2.24) is 4.98 Å². The van der Waals surface area contributed by atoms with Crippen molar-refractivity contribution in [3.05, 3.63) is 53.7 Å². The molecule has 20 heavy (non-hydrogen) atoms. The molecule has 0 saturated carbocycles. The predicted octanol–water partition coefficient (Wildman–Crippen LogP) is 2.19. The van der Waals surface area contributed by atoms with E-state index >= 15 is 0 Å². The molecular formula is C13H7N3O2S2. The molecule has 0 bridgehead atoms. The monoisotopic (exact) mass is 301 g/mol. The van der Waals surface area contributed by atoms with Gasteiger partial charge in [0.1, 0.15) is 16.1 Å². The Bertz CT molecular complexity index is 867. The first-order valence-corrected chi connectivity index (χ1v) is 7.85. The van der Waals surface area contributed by atoms with Crippen LogP contribution in [-0.2, 0) is 10.0 Å². The van der Waals surface area contributed by atoms with Crippen molar-refractivity contribution in [1.29, 1.82) is 5.26 Å². The van der Waals surface area contributed by atoms with E-state index in [2.05, 4.69) is 9.38 Å². The van der Waals surface area contributed by atoms with Crippen molar-refractivity contribution in [2.24, 2.45) is 4.40 Å². The third-order valence-corrected chi connectivity index (χ3v) is 5.16. The third-order valence-electron chi connectivity index (χ3n) is 2.68. The van der Waals surface area contributed by atoms with Crippen LogP contribution >= 0.6 is 11.8 Å². The SMILES string of the molecule is N#Cc1cccnc1SC1=NS(=O)(=O)c2ccccc21. The zero-order chi connectivity index (χ0) is 14.2. The highest BCUT2D eigenvalue weighted by Gasteiger charge is 2.29. The van der Waals surface area contributed by atoms with Crippen molar-refractivity contribution in [3.8, 4) is 6.07 Å². The molecule has 0 spiro atoms. The molecule has 2 aromatic rings. The molecule has 2 heterocycles. The molecule has 0 aliphatic carbocycles. The van der Waals surface area contributed by atoms with Gasteiger partial charge < -0.3 is 0 Å². The first-order chi connectivity index (χ1) is 9.62. The van der Waals surface area contributed by atoms with Gasteiger partial charge in [0.05, 0.1) is 10.5 Å². The number of sulfonamides is 1. The summed E-state index contributed by atoms with van der Waals surface area (Å²) in [6, 6.07) is 11.9. The summed E-state index contributed by atoms with van der Waals surface area (Å²) >= 11 is 1.08. The van der Waals surface area contributed by atoms with Crippen molar-refractivity contribution >= 4 is 26.8 Å². The fraction of sp³-hybridized carbons (Fsp3) is 0. The van der Waals surface area contributed by atoms with E-state index in [0.29, 0.717) is 21.2 Å². The maximum absolute atomic E-state index is 11.9. The topological polar surface area (TPSA) is 83.2 Å². The van der Waals surface area contributed by atoms with Crippen LogP contribution in [0.4, 0.5) is 0 Å². The van der Waals surface area contributed by atoms with Gasteiger partial charge in [0.15, 0.2) is 0 Å². The van der Waals surface area contributed by atoms with Crippen LogP contribution in [0.3, 0.4) is 0 Å². The summed E-state index contributed by atoms with van der Waals surface area (Å²) in [5.74, 6) is 0. The Hall–Kier alpha value is -2.17. The molecular weight excluding hydrogens is 294 g/mol. The molecule has 7 heteroatoms. The van der Waals surface area contributed by atoms with Crippen LogP contribution in [0.1, 0.15) is 11.1 Å². The number of fused-ring (bicyclic) bond motifs is 1. The summed E-state index contributed by atoms with van der Waals surface area (Å²) in [6.45, 7) is 0. The lowest BCUT2D eigenvalue weighted by Crippen LogP contribution is -1.95. The lowest BCUT2D eigenvalue weighted by Gasteiger charge is -2.02. The quantitative estimate of drug-likeness (QED) is 0.806. The molecule has 1 aliphatic rings. The number of hydrogen-bond acceptors (Lipinski definition) is 5. The second-order valence-corrected chi connectivity index (χ2v) is 6.49. The highest BCUT2D eigenvalue weighted by Crippen LogP contribution is 2.34. The van der Waals surface area contributed by atoms with Crippen LogP contribution in [-0.4, -0.2) is 18.4 Å². The second-order valence-electron chi connectivity index (χ2n) is 3.94. The normalized spacial score (nSPS) is 15.2. The summed E-state index contributed by atoms with van der Waals surface area (Å²) in [6.07, 6.45) is 1.55. The van der Waals surface area contributed by atoms with Gasteiger partial charge in [0, 0.05) is 11.8 Å². The highest BCUT2D eigenvalue weighted by atomic mass is 32.2. The first kappa shape index (κ1) is 12.8. The van der Waals surface area contributed by atoms with Crippen LogP contribution in [0, 0.1) is 11.3 Å². The maximum Gasteiger partial charge on any atom is 0.284 e. The number of benzene rings is 1. The number of hydrogen-bond donors (Lipinski definition) is 0. The predicted molar refractivity (Wildman–Crippen MR) is 75.0 cm³/mol. The van der Waals surface area contributed by atoms with E-state index in [4.69, 9.17) is 5.26 Å². The van der Waals surface area contributed by atoms with E-state index in [0.717, 1.165) is 11.8 Å². The summed E-state index contributed by atoms with van der Waals surface area (Å²) in [4.78, 5) is 4.29. The zero-order valence-electron chi connectivity index (χ0n) is 10.0. The highest BCUT2D eigenvalue weighted by molar-refractivity contribution is 8.15. The molecule has 0 fully saturated rings. The smallest absolute Gasteiger partial charge is 0.248 e. The van der Waals surface area contributed by atoms with Crippen molar-refractivity contribution in [3.63, 3.8) is 0 Å². The minimum Gasteiger partial charge on any atom is -0.248 e. The van der Waals surface area contributed by atoms with Crippen molar-refractivity contribution < 1.29 is 8.42 Å². The van der Waals surface area contributed by atoms with Gasteiger partial charge in [-0.25, -0.2) is 4.98 Å². The Kier molecular flexibility index (Phi) is 3.04. The molecule has 3 rings (SSSR count). The Morgan fingerprint density at radius 3 is 2.75 bits per heavy atom. The molecule has 1 aromatic heterocycles. The Labute approximate surface area is 120 Å². The number of pyridine rings is 1. The van der Waals surface area contributed by atoms with Crippen molar-refractivity contribution in [2.45, 2.75) is 9.92 Å². The summed E-state index contributed by atoms with van der Waals surface area (Å²) < 4.78 is 27.6. The van der Waals surface area contributed by atoms with Crippen LogP contribution in [0.5, 0.6) is 0 Å². The fourth-order valence-electron chi connectivity index (χ4n) is 1.80. The number of thioether (sulfide) groups is 1. The molecule has 98 valence electrons. The van der Waals surface area contributed by atoms with Crippen LogP contribution < -0.4 is 0 Å². The second kappa shape index (κ2) is 4.74. The molecule has 0 N–H and O–H groups in total. The molecule has 0 unspecified atom stereocenters. The van der Waals surface area contributed by atoms with Crippen LogP contribution in [0.15, 0.2) is 56.9 Å². The Morgan fingerprint density at radius 2 is 1.95 bits per heavy atom. The molecule has 0 saturated heterocycles. The van der Waals surface area contributed by atoms with E-state index in [9.17, 15) is 8.42 Å². The number of aromatic nitrogens is 1. The van der Waals surface area contributed by atoms with E-state index in [1.807, 2.05) is 6.07 Å². The van der Waals surface area contributed by atoms with Gasteiger partial charge in [0.25, 0.3) is 10.0 Å². The molecule has 0 amide bonds. The molecule has 0 radical (unpaired) electrons. The minimum atomic E-state index is -3.64. The van der Waals surface area contributed by atoms with E-state index in [1.54, 1.807) is 36.5 Å². The molecule has 1 aliphatic heterocycles. The largest absolute Gasteiger partial charge is 0.284 e.